The van der Waals surface area contributed by atoms with Crippen LogP contribution in [-0.4, -0.2) is 30.4 Å². The number of carbonyl (C=O) groups is 1. The summed E-state index contributed by atoms with van der Waals surface area (Å²) in [5, 5.41) is 13.4. The van der Waals surface area contributed by atoms with Crippen LogP contribution < -0.4 is 0 Å². The Hall–Kier alpha value is -2.63. The molecule has 0 unspecified atom stereocenters. The van der Waals surface area contributed by atoms with Crippen molar-refractivity contribution in [2.75, 3.05) is 0 Å². The van der Waals surface area contributed by atoms with E-state index in [1.165, 1.54) is 0 Å². The average molecular weight is 242 g/mol. The van der Waals surface area contributed by atoms with Gasteiger partial charge in [0.15, 0.2) is 5.82 Å². The minimum absolute atomic E-state index is 0.196. The van der Waals surface area contributed by atoms with Crippen molar-refractivity contribution in [2.24, 2.45) is 7.05 Å². The maximum atomic E-state index is 11.1. The lowest BCUT2D eigenvalue weighted by atomic mass is 10.2. The summed E-state index contributed by atoms with van der Waals surface area (Å²) in [7, 11) is 1.82. The van der Waals surface area contributed by atoms with Crippen LogP contribution >= 0.6 is 0 Å². The molecular weight excluding hydrogens is 232 g/mol. The predicted octanol–water partition coefficient (Wildman–Crippen LogP) is 1.46. The molecular formula is C12H10N4O2. The van der Waals surface area contributed by atoms with Gasteiger partial charge in [-0.15, -0.1) is 0 Å². The first-order valence-electron chi connectivity index (χ1n) is 5.36. The Kier molecular flexibility index (Phi) is 2.16. The molecule has 0 saturated carbocycles. The summed E-state index contributed by atoms with van der Waals surface area (Å²) in [5.41, 5.74) is 1.39. The molecule has 0 radical (unpaired) electrons. The fourth-order valence-corrected chi connectivity index (χ4v) is 1.93. The Labute approximate surface area is 102 Å². The number of aromatic carboxylic acids is 1. The Morgan fingerprint density at radius 2 is 2.17 bits per heavy atom. The fraction of sp³-hybridized carbons (Fsp3) is 0.0833. The molecule has 0 saturated heterocycles. The molecule has 0 spiro atoms. The molecule has 1 aromatic carbocycles. The molecule has 3 rings (SSSR count). The first-order chi connectivity index (χ1) is 8.66. The Balaban J connectivity index is 2.27. The van der Waals surface area contributed by atoms with E-state index in [0.717, 1.165) is 5.52 Å². The standard InChI is InChI=1S/C12H10N4O2/c1-15-6-5-10(14-15)16-7-13-11-8(12(17)18)3-2-4-9(11)16/h2-7H,1H3,(H,17,18). The molecule has 0 amide bonds. The third-order valence-electron chi connectivity index (χ3n) is 2.75. The van der Waals surface area contributed by atoms with Gasteiger partial charge in [0.05, 0.1) is 11.1 Å². The van der Waals surface area contributed by atoms with Crippen molar-refractivity contribution in [3.63, 3.8) is 0 Å². The van der Waals surface area contributed by atoms with Crippen molar-refractivity contribution in [3.8, 4) is 5.82 Å². The topological polar surface area (TPSA) is 72.9 Å². The number of rotatable bonds is 2. The number of carboxylic acid groups (broad SMARTS) is 1. The quantitative estimate of drug-likeness (QED) is 0.738. The highest BCUT2D eigenvalue weighted by Gasteiger charge is 2.13. The lowest BCUT2D eigenvalue weighted by Gasteiger charge is -2.00. The van der Waals surface area contributed by atoms with Gasteiger partial charge in [0.25, 0.3) is 0 Å². The number of imidazole rings is 1. The number of nitrogens with zero attached hydrogens (tertiary/aromatic N) is 4. The zero-order valence-corrected chi connectivity index (χ0v) is 9.61. The van der Waals surface area contributed by atoms with Crippen LogP contribution in [0.4, 0.5) is 0 Å². The zero-order valence-electron chi connectivity index (χ0n) is 9.61. The van der Waals surface area contributed by atoms with Crippen LogP contribution in [0.3, 0.4) is 0 Å². The highest BCUT2D eigenvalue weighted by atomic mass is 16.4. The second-order valence-electron chi connectivity index (χ2n) is 3.94. The second kappa shape index (κ2) is 3.69. The molecule has 0 aliphatic heterocycles. The summed E-state index contributed by atoms with van der Waals surface area (Å²) in [5.74, 6) is -0.269. The van der Waals surface area contributed by atoms with E-state index >= 15 is 0 Å². The molecule has 18 heavy (non-hydrogen) atoms. The minimum atomic E-state index is -0.980. The summed E-state index contributed by atoms with van der Waals surface area (Å²) in [4.78, 5) is 15.3. The maximum absolute atomic E-state index is 11.1. The third-order valence-corrected chi connectivity index (χ3v) is 2.75. The lowest BCUT2D eigenvalue weighted by molar-refractivity contribution is 0.0699. The van der Waals surface area contributed by atoms with Gasteiger partial charge in [0.1, 0.15) is 11.8 Å². The molecule has 6 heteroatoms. The van der Waals surface area contributed by atoms with E-state index in [2.05, 4.69) is 10.1 Å². The van der Waals surface area contributed by atoms with Crippen LogP contribution in [0, 0.1) is 0 Å². The van der Waals surface area contributed by atoms with Crippen molar-refractivity contribution in [2.45, 2.75) is 0 Å². The monoisotopic (exact) mass is 242 g/mol. The van der Waals surface area contributed by atoms with Gasteiger partial charge in [-0.25, -0.2) is 9.78 Å². The highest BCUT2D eigenvalue weighted by Crippen LogP contribution is 2.20. The maximum Gasteiger partial charge on any atom is 0.337 e. The molecule has 0 aliphatic rings. The first-order valence-corrected chi connectivity index (χ1v) is 5.36. The van der Waals surface area contributed by atoms with Crippen molar-refractivity contribution < 1.29 is 9.90 Å². The van der Waals surface area contributed by atoms with E-state index < -0.39 is 5.97 Å². The first kappa shape index (κ1) is 10.5. The molecule has 6 nitrogen and oxygen atoms in total. The van der Waals surface area contributed by atoms with Crippen molar-refractivity contribution in [3.05, 3.63) is 42.4 Å². The third kappa shape index (κ3) is 1.46. The summed E-state index contributed by atoms with van der Waals surface area (Å²) < 4.78 is 3.45. The van der Waals surface area contributed by atoms with Gasteiger partial charge in [0.2, 0.25) is 0 Å². The number of para-hydroxylation sites is 1. The Morgan fingerprint density at radius 3 is 2.83 bits per heavy atom. The van der Waals surface area contributed by atoms with Crippen LogP contribution in [0.15, 0.2) is 36.8 Å². The molecule has 2 heterocycles. The average Bonchev–Trinajstić information content (AvgIpc) is 2.93. The van der Waals surface area contributed by atoms with Gasteiger partial charge in [-0.1, -0.05) is 6.07 Å². The van der Waals surface area contributed by atoms with Gasteiger partial charge in [-0.05, 0) is 12.1 Å². The van der Waals surface area contributed by atoms with E-state index in [0.29, 0.717) is 11.3 Å². The largest absolute Gasteiger partial charge is 0.478 e. The number of aryl methyl sites for hydroxylation is 1. The van der Waals surface area contributed by atoms with Crippen LogP contribution in [0.25, 0.3) is 16.9 Å². The van der Waals surface area contributed by atoms with Crippen LogP contribution in [0.1, 0.15) is 10.4 Å². The molecule has 0 bridgehead atoms. The Morgan fingerprint density at radius 1 is 1.33 bits per heavy atom. The predicted molar refractivity (Wildman–Crippen MR) is 64.8 cm³/mol. The van der Waals surface area contributed by atoms with Crippen molar-refractivity contribution >= 4 is 17.0 Å². The zero-order chi connectivity index (χ0) is 12.7. The van der Waals surface area contributed by atoms with Gasteiger partial charge in [0, 0.05) is 19.3 Å². The van der Waals surface area contributed by atoms with Crippen molar-refractivity contribution in [1.29, 1.82) is 0 Å². The SMILES string of the molecule is Cn1ccc(-n2cnc3c(C(=O)O)cccc32)n1. The lowest BCUT2D eigenvalue weighted by Crippen LogP contribution is -1.98. The van der Waals surface area contributed by atoms with E-state index in [9.17, 15) is 4.79 Å². The van der Waals surface area contributed by atoms with E-state index in [1.807, 2.05) is 25.4 Å². The summed E-state index contributed by atoms with van der Waals surface area (Å²) in [6.45, 7) is 0. The van der Waals surface area contributed by atoms with Crippen LogP contribution in [0.2, 0.25) is 0 Å². The molecule has 0 atom stereocenters. The number of hydrogen-bond donors (Lipinski definition) is 1. The number of fused-ring (bicyclic) bond motifs is 1. The number of benzene rings is 1. The number of aromatic nitrogens is 4. The molecule has 1 N–H and O–H groups in total. The van der Waals surface area contributed by atoms with Crippen LogP contribution in [0.5, 0.6) is 0 Å². The molecule has 0 aliphatic carbocycles. The van der Waals surface area contributed by atoms with Crippen molar-refractivity contribution in [1.82, 2.24) is 19.3 Å². The fourth-order valence-electron chi connectivity index (χ4n) is 1.93. The van der Waals surface area contributed by atoms with E-state index in [-0.39, 0.29) is 5.56 Å². The van der Waals surface area contributed by atoms with Gasteiger partial charge in [-0.2, -0.15) is 5.10 Å². The smallest absolute Gasteiger partial charge is 0.337 e. The molecule has 0 fully saturated rings. The van der Waals surface area contributed by atoms with Gasteiger partial charge in [-0.3, -0.25) is 9.25 Å². The normalized spacial score (nSPS) is 10.9. The summed E-state index contributed by atoms with van der Waals surface area (Å²) >= 11 is 0. The molecule has 2 aromatic heterocycles. The van der Waals surface area contributed by atoms with E-state index in [4.69, 9.17) is 5.11 Å². The number of carboxylic acids is 1. The second-order valence-corrected chi connectivity index (χ2v) is 3.94. The summed E-state index contributed by atoms with van der Waals surface area (Å²) in [6.07, 6.45) is 3.40. The molecule has 3 aromatic rings. The van der Waals surface area contributed by atoms with Gasteiger partial charge < -0.3 is 5.11 Å². The highest BCUT2D eigenvalue weighted by molar-refractivity contribution is 6.01. The summed E-state index contributed by atoms with van der Waals surface area (Å²) in [6, 6.07) is 6.91. The minimum Gasteiger partial charge on any atom is -0.478 e. The molecule has 90 valence electrons. The number of hydrogen-bond acceptors (Lipinski definition) is 3. The Bertz CT molecular complexity index is 741. The van der Waals surface area contributed by atoms with Crippen LogP contribution in [-0.2, 0) is 7.05 Å². The van der Waals surface area contributed by atoms with E-state index in [1.54, 1.807) is 27.7 Å². The van der Waals surface area contributed by atoms with Gasteiger partial charge >= 0.3 is 5.97 Å².